The molecule has 1 fully saturated rings. The van der Waals surface area contributed by atoms with E-state index in [4.69, 9.17) is 4.74 Å². The molecule has 0 N–H and O–H groups in total. The minimum atomic E-state index is -0.0258. The van der Waals surface area contributed by atoms with Gasteiger partial charge < -0.3 is 4.74 Å². The number of benzene rings is 1. The SMILES string of the molecule is O=C1OCCC1Pc1ccccc1. The summed E-state index contributed by atoms with van der Waals surface area (Å²) in [5, 5.41) is 1.24. The maximum Gasteiger partial charge on any atom is 0.313 e. The van der Waals surface area contributed by atoms with Gasteiger partial charge >= 0.3 is 5.97 Å². The number of rotatable bonds is 2. The van der Waals surface area contributed by atoms with Gasteiger partial charge in [0.1, 0.15) is 0 Å². The molecule has 0 bridgehead atoms. The highest BCUT2D eigenvalue weighted by Crippen LogP contribution is 2.26. The van der Waals surface area contributed by atoms with E-state index in [-0.39, 0.29) is 11.6 Å². The Morgan fingerprint density at radius 3 is 2.69 bits per heavy atom. The number of hydrogen-bond donors (Lipinski definition) is 0. The summed E-state index contributed by atoms with van der Waals surface area (Å²) in [6.07, 6.45) is 0.881. The van der Waals surface area contributed by atoms with Crippen LogP contribution in [0.4, 0.5) is 0 Å². The van der Waals surface area contributed by atoms with E-state index in [1.165, 1.54) is 5.30 Å². The van der Waals surface area contributed by atoms with Crippen LogP contribution in [0.25, 0.3) is 0 Å². The first-order valence-electron chi connectivity index (χ1n) is 4.34. The first-order chi connectivity index (χ1) is 6.36. The van der Waals surface area contributed by atoms with Crippen molar-refractivity contribution in [2.45, 2.75) is 12.1 Å². The molecule has 0 aromatic heterocycles. The van der Waals surface area contributed by atoms with Crippen molar-refractivity contribution in [1.82, 2.24) is 0 Å². The second-order valence-electron chi connectivity index (χ2n) is 3.02. The highest BCUT2D eigenvalue weighted by atomic mass is 31.1. The Morgan fingerprint density at radius 2 is 2.08 bits per heavy atom. The zero-order valence-electron chi connectivity index (χ0n) is 7.19. The third-order valence-corrected chi connectivity index (χ3v) is 3.59. The molecule has 2 atom stereocenters. The van der Waals surface area contributed by atoms with Gasteiger partial charge in [0.2, 0.25) is 0 Å². The topological polar surface area (TPSA) is 26.3 Å². The van der Waals surface area contributed by atoms with Gasteiger partial charge in [-0.2, -0.15) is 0 Å². The predicted octanol–water partition coefficient (Wildman–Crippen LogP) is 1.31. The number of esters is 1. The van der Waals surface area contributed by atoms with Crippen LogP contribution in [0.3, 0.4) is 0 Å². The molecule has 0 amide bonds. The van der Waals surface area contributed by atoms with Crippen molar-refractivity contribution in [3.05, 3.63) is 30.3 Å². The van der Waals surface area contributed by atoms with Crippen LogP contribution < -0.4 is 5.30 Å². The van der Waals surface area contributed by atoms with Crippen LogP contribution in [0.15, 0.2) is 30.3 Å². The first-order valence-corrected chi connectivity index (χ1v) is 5.42. The van der Waals surface area contributed by atoms with E-state index in [0.29, 0.717) is 15.2 Å². The molecule has 0 spiro atoms. The Bertz CT molecular complexity index is 297. The molecule has 1 heterocycles. The van der Waals surface area contributed by atoms with Gasteiger partial charge in [-0.3, -0.25) is 4.79 Å². The van der Waals surface area contributed by atoms with Crippen molar-refractivity contribution < 1.29 is 9.53 Å². The molecule has 1 aromatic rings. The van der Waals surface area contributed by atoms with Crippen LogP contribution in [0, 0.1) is 0 Å². The minimum Gasteiger partial charge on any atom is -0.465 e. The second-order valence-corrected chi connectivity index (χ2v) is 4.58. The Balaban J connectivity index is 2.02. The fourth-order valence-electron chi connectivity index (χ4n) is 1.36. The van der Waals surface area contributed by atoms with E-state index in [2.05, 4.69) is 12.1 Å². The number of ether oxygens (including phenoxy) is 1. The van der Waals surface area contributed by atoms with Gasteiger partial charge in [0, 0.05) is 0 Å². The number of carbonyl (C=O) groups is 1. The fraction of sp³-hybridized carbons (Fsp3) is 0.300. The van der Waals surface area contributed by atoms with Crippen molar-refractivity contribution in [3.63, 3.8) is 0 Å². The average Bonchev–Trinajstić information content (AvgIpc) is 2.54. The van der Waals surface area contributed by atoms with Crippen LogP contribution in [-0.2, 0) is 9.53 Å². The van der Waals surface area contributed by atoms with Gasteiger partial charge in [0.15, 0.2) is 0 Å². The maximum absolute atomic E-state index is 11.2. The van der Waals surface area contributed by atoms with Crippen molar-refractivity contribution in [2.75, 3.05) is 6.61 Å². The lowest BCUT2D eigenvalue weighted by Gasteiger charge is -2.04. The van der Waals surface area contributed by atoms with Gasteiger partial charge in [-0.15, -0.1) is 0 Å². The summed E-state index contributed by atoms with van der Waals surface area (Å²) >= 11 is 0. The lowest BCUT2D eigenvalue weighted by molar-refractivity contribution is -0.137. The van der Waals surface area contributed by atoms with Crippen LogP contribution >= 0.6 is 8.58 Å². The van der Waals surface area contributed by atoms with Gasteiger partial charge in [-0.1, -0.05) is 38.9 Å². The number of cyclic esters (lactones) is 1. The zero-order valence-corrected chi connectivity index (χ0v) is 8.19. The highest BCUT2D eigenvalue weighted by molar-refractivity contribution is 7.49. The van der Waals surface area contributed by atoms with Crippen LogP contribution in [0.5, 0.6) is 0 Å². The molecular formula is C10H11O2P. The largest absolute Gasteiger partial charge is 0.465 e. The van der Waals surface area contributed by atoms with Crippen LogP contribution in [0.1, 0.15) is 6.42 Å². The van der Waals surface area contributed by atoms with E-state index in [1.54, 1.807) is 0 Å². The maximum atomic E-state index is 11.2. The quantitative estimate of drug-likeness (QED) is 0.524. The molecule has 1 aliphatic heterocycles. The Hall–Kier alpha value is -0.880. The first kappa shape index (κ1) is 8.71. The Labute approximate surface area is 79.1 Å². The summed E-state index contributed by atoms with van der Waals surface area (Å²) in [4.78, 5) is 11.2. The van der Waals surface area contributed by atoms with E-state index >= 15 is 0 Å². The third kappa shape index (κ3) is 2.07. The summed E-state index contributed by atoms with van der Waals surface area (Å²) in [5.41, 5.74) is 0.113. The van der Waals surface area contributed by atoms with E-state index in [9.17, 15) is 4.79 Å². The van der Waals surface area contributed by atoms with E-state index in [1.807, 2.05) is 18.2 Å². The summed E-state index contributed by atoms with van der Waals surface area (Å²) in [6, 6.07) is 10.1. The standard InChI is InChI=1S/C10H11O2P/c11-10-9(6-7-12-10)13-8-4-2-1-3-5-8/h1-5,9,13H,6-7H2. The monoisotopic (exact) mass is 194 g/mol. The molecule has 2 unspecified atom stereocenters. The van der Waals surface area contributed by atoms with Crippen LogP contribution in [0.2, 0.25) is 0 Å². The summed E-state index contributed by atoms with van der Waals surface area (Å²) < 4.78 is 4.91. The third-order valence-electron chi connectivity index (χ3n) is 2.05. The smallest absolute Gasteiger partial charge is 0.313 e. The van der Waals surface area contributed by atoms with E-state index < -0.39 is 0 Å². The van der Waals surface area contributed by atoms with Crippen molar-refractivity contribution >= 4 is 19.9 Å². The zero-order chi connectivity index (χ0) is 9.10. The fourth-order valence-corrected chi connectivity index (χ4v) is 2.61. The molecule has 68 valence electrons. The predicted molar refractivity (Wildman–Crippen MR) is 53.8 cm³/mol. The van der Waals surface area contributed by atoms with Crippen LogP contribution in [-0.4, -0.2) is 18.2 Å². The average molecular weight is 194 g/mol. The molecule has 2 nitrogen and oxygen atoms in total. The second kappa shape index (κ2) is 3.89. The molecule has 2 rings (SSSR count). The lowest BCUT2D eigenvalue weighted by atomic mass is 10.4. The molecule has 13 heavy (non-hydrogen) atoms. The van der Waals surface area contributed by atoms with Gasteiger partial charge in [-0.05, 0) is 11.7 Å². The molecule has 0 radical (unpaired) electrons. The lowest BCUT2D eigenvalue weighted by Crippen LogP contribution is -2.11. The Morgan fingerprint density at radius 1 is 1.31 bits per heavy atom. The Kier molecular flexibility index (Phi) is 2.60. The molecule has 0 saturated carbocycles. The highest BCUT2D eigenvalue weighted by Gasteiger charge is 2.26. The molecule has 1 saturated heterocycles. The minimum absolute atomic E-state index is 0.0258. The summed E-state index contributed by atoms with van der Waals surface area (Å²) in [7, 11) is 0.564. The van der Waals surface area contributed by atoms with Crippen molar-refractivity contribution in [1.29, 1.82) is 0 Å². The number of hydrogen-bond acceptors (Lipinski definition) is 2. The normalized spacial score (nSPS) is 22.5. The summed E-state index contributed by atoms with van der Waals surface area (Å²) in [6.45, 7) is 0.601. The van der Waals surface area contributed by atoms with Crippen molar-refractivity contribution in [2.24, 2.45) is 0 Å². The summed E-state index contributed by atoms with van der Waals surface area (Å²) in [5.74, 6) is -0.0258. The van der Waals surface area contributed by atoms with Gasteiger partial charge in [-0.25, -0.2) is 0 Å². The van der Waals surface area contributed by atoms with Crippen molar-refractivity contribution in [3.8, 4) is 0 Å². The number of carbonyl (C=O) groups excluding carboxylic acids is 1. The molecule has 1 aromatic carbocycles. The van der Waals surface area contributed by atoms with Gasteiger partial charge in [0.05, 0.1) is 12.3 Å². The molecule has 3 heteroatoms. The van der Waals surface area contributed by atoms with Gasteiger partial charge in [0.25, 0.3) is 0 Å². The molecular weight excluding hydrogens is 183 g/mol. The van der Waals surface area contributed by atoms with E-state index in [0.717, 1.165) is 6.42 Å². The molecule has 1 aliphatic rings. The molecule has 0 aliphatic carbocycles.